The van der Waals surface area contributed by atoms with Crippen molar-refractivity contribution in [2.75, 3.05) is 20.2 Å². The maximum Gasteiger partial charge on any atom is 0.328 e. The second-order valence-corrected chi connectivity index (χ2v) is 9.48. The summed E-state index contributed by atoms with van der Waals surface area (Å²) in [5, 5.41) is 17.2. The van der Waals surface area contributed by atoms with Gasteiger partial charge in [-0.15, -0.1) is 10.2 Å². The van der Waals surface area contributed by atoms with Crippen LogP contribution in [0.3, 0.4) is 0 Å². The zero-order valence-corrected chi connectivity index (χ0v) is 20.6. The van der Waals surface area contributed by atoms with E-state index in [4.69, 9.17) is 10.8 Å². The van der Waals surface area contributed by atoms with E-state index in [1.54, 1.807) is 20.8 Å². The molecule has 0 radical (unpaired) electrons. The average molecular weight is 480 g/mol. The number of carbonyl (C=O) groups excluding carboxylic acids is 3. The van der Waals surface area contributed by atoms with Gasteiger partial charge >= 0.3 is 11.9 Å². The Morgan fingerprint density at radius 3 is 2.74 bits per heavy atom. The van der Waals surface area contributed by atoms with Crippen molar-refractivity contribution in [2.45, 2.75) is 83.9 Å². The van der Waals surface area contributed by atoms with Gasteiger partial charge in [0.2, 0.25) is 5.91 Å². The molecule has 2 heterocycles. The Balaban J connectivity index is 1.49. The van der Waals surface area contributed by atoms with Crippen molar-refractivity contribution in [1.82, 2.24) is 30.8 Å². The molecule has 0 unspecified atom stereocenters. The minimum Gasteiger partial charge on any atom is -0.464 e. The highest BCUT2D eigenvalue weighted by molar-refractivity contribution is 5.84. The molecule has 0 spiro atoms. The van der Waals surface area contributed by atoms with Crippen molar-refractivity contribution < 1.29 is 25.2 Å². The Kier molecular flexibility index (Phi) is 8.84. The highest BCUT2D eigenvalue weighted by atomic mass is 16.5. The first kappa shape index (κ1) is 24.6. The van der Waals surface area contributed by atoms with Crippen molar-refractivity contribution in [3.05, 3.63) is 5.82 Å². The lowest BCUT2D eigenvalue weighted by Gasteiger charge is -2.42. The average Bonchev–Trinajstić information content (AvgIpc) is 3.35. The monoisotopic (exact) mass is 479 g/mol. The first-order valence-corrected chi connectivity index (χ1v) is 12.2. The van der Waals surface area contributed by atoms with Gasteiger partial charge in [-0.2, -0.15) is 5.21 Å². The van der Waals surface area contributed by atoms with Gasteiger partial charge < -0.3 is 19.7 Å². The van der Waals surface area contributed by atoms with Gasteiger partial charge in [0.05, 0.1) is 14.4 Å². The number of piperidine rings is 1. The number of tetrazole rings is 1. The van der Waals surface area contributed by atoms with Crippen LogP contribution in [0.1, 0.15) is 66.5 Å². The maximum absolute atomic E-state index is 12.9. The summed E-state index contributed by atoms with van der Waals surface area (Å²) in [6.07, 6.45) is 4.46. The highest BCUT2D eigenvalue weighted by Crippen LogP contribution is 2.40. The van der Waals surface area contributed by atoms with Crippen molar-refractivity contribution in [2.24, 2.45) is 17.8 Å². The SMILES string of the molecule is [2H][C@@]1(C(=O)O[C@@H](C)CC(=O)N(C)[C@@H](C)C(=O)OCC)C[C@H]2C[C@@H](CCc3nn[nH]n3)CC[C@H]2CN1. The number of rotatable bonds is 10. The fraction of sp³-hybridized carbons (Fsp3) is 0.826. The van der Waals surface area contributed by atoms with Gasteiger partial charge in [-0.05, 0) is 70.8 Å². The van der Waals surface area contributed by atoms with E-state index in [9.17, 15) is 14.4 Å². The molecule has 1 aliphatic carbocycles. The molecule has 1 amide bonds. The molecule has 3 rings (SSSR count). The predicted octanol–water partition coefficient (Wildman–Crippen LogP) is 1.26. The van der Waals surface area contributed by atoms with Gasteiger partial charge in [0.25, 0.3) is 0 Å². The molecule has 1 saturated heterocycles. The summed E-state index contributed by atoms with van der Waals surface area (Å²) in [6, 6.07) is -2.26. The minimum atomic E-state index is -1.53. The lowest BCUT2D eigenvalue weighted by molar-refractivity contribution is -0.158. The van der Waals surface area contributed by atoms with Gasteiger partial charge in [-0.25, -0.2) is 4.79 Å². The number of aryl methyl sites for hydroxylation is 1. The van der Waals surface area contributed by atoms with Gasteiger partial charge in [0.15, 0.2) is 5.82 Å². The number of amides is 1. The lowest BCUT2D eigenvalue weighted by Crippen LogP contribution is -2.50. The first-order chi connectivity index (χ1) is 16.6. The van der Waals surface area contributed by atoms with Crippen LogP contribution in [0.15, 0.2) is 0 Å². The van der Waals surface area contributed by atoms with Gasteiger partial charge in [-0.1, -0.05) is 11.6 Å². The van der Waals surface area contributed by atoms with Crippen molar-refractivity contribution in [1.29, 1.82) is 0 Å². The number of H-pyrrole nitrogens is 1. The molecule has 6 atom stereocenters. The largest absolute Gasteiger partial charge is 0.464 e. The number of fused-ring (bicyclic) bond motifs is 1. The van der Waals surface area contributed by atoms with E-state index < -0.39 is 30.1 Å². The van der Waals surface area contributed by atoms with Crippen LogP contribution in [0.25, 0.3) is 0 Å². The number of nitrogens with zero attached hydrogens (tertiary/aromatic N) is 4. The van der Waals surface area contributed by atoms with E-state index >= 15 is 0 Å². The third-order valence-electron chi connectivity index (χ3n) is 7.08. The summed E-state index contributed by atoms with van der Waals surface area (Å²) < 4.78 is 19.3. The molecule has 2 N–H and O–H groups in total. The summed E-state index contributed by atoms with van der Waals surface area (Å²) in [6.45, 7) is 5.76. The highest BCUT2D eigenvalue weighted by Gasteiger charge is 2.38. The Morgan fingerprint density at radius 2 is 2.03 bits per heavy atom. The quantitative estimate of drug-likeness (QED) is 0.475. The predicted molar refractivity (Wildman–Crippen MR) is 122 cm³/mol. The Hall–Kier alpha value is -2.56. The van der Waals surface area contributed by atoms with Crippen LogP contribution < -0.4 is 5.32 Å². The molecular formula is C23H38N6O5. The molecule has 1 aromatic heterocycles. The van der Waals surface area contributed by atoms with Gasteiger partial charge in [-0.3, -0.25) is 9.59 Å². The summed E-state index contributed by atoms with van der Waals surface area (Å²) >= 11 is 0. The molecular weight excluding hydrogens is 440 g/mol. The van der Waals surface area contributed by atoms with Crippen LogP contribution in [-0.4, -0.2) is 81.7 Å². The number of carbonyl (C=O) groups is 3. The summed E-state index contributed by atoms with van der Waals surface area (Å²) in [4.78, 5) is 38.7. The Bertz CT molecular complexity index is 871. The van der Waals surface area contributed by atoms with E-state index in [2.05, 4.69) is 25.9 Å². The minimum absolute atomic E-state index is 0.0771. The second-order valence-electron chi connectivity index (χ2n) is 9.48. The molecule has 2 aliphatic rings. The van der Waals surface area contributed by atoms with Crippen molar-refractivity contribution in [3.8, 4) is 0 Å². The molecule has 11 heteroatoms. The van der Waals surface area contributed by atoms with E-state index in [1.807, 2.05) is 0 Å². The summed E-state index contributed by atoms with van der Waals surface area (Å²) in [7, 11) is 1.52. The Morgan fingerprint density at radius 1 is 1.24 bits per heavy atom. The summed E-state index contributed by atoms with van der Waals surface area (Å²) in [5.74, 6) is 0.438. The van der Waals surface area contributed by atoms with Crippen LogP contribution in [0.2, 0.25) is 0 Å². The third kappa shape index (κ3) is 6.97. The number of aromatic nitrogens is 4. The van der Waals surface area contributed by atoms with E-state index in [0.717, 1.165) is 32.1 Å². The van der Waals surface area contributed by atoms with E-state index in [-0.39, 0.29) is 24.9 Å². The molecule has 0 aromatic carbocycles. The van der Waals surface area contributed by atoms with Crippen molar-refractivity contribution in [3.63, 3.8) is 0 Å². The van der Waals surface area contributed by atoms with Crippen molar-refractivity contribution >= 4 is 17.8 Å². The molecule has 11 nitrogen and oxygen atoms in total. The van der Waals surface area contributed by atoms with Crippen LogP contribution >= 0.6 is 0 Å². The number of nitrogens with one attached hydrogen (secondary N) is 2. The van der Waals surface area contributed by atoms with Gasteiger partial charge in [0.1, 0.15) is 18.2 Å². The standard InChI is InChI=1S/C23H38N6O5/c1-5-33-22(31)15(3)29(4)21(30)10-14(2)34-23(32)19-12-18-11-16(6-8-17(18)13-24-19)7-9-20-25-27-28-26-20/h14-19,24H,5-13H2,1-4H3,(H,25,26,27,28)/t14-,15-,16+,17-,18+,19-/m0/s1/i19D. The molecule has 1 saturated carbocycles. The summed E-state index contributed by atoms with van der Waals surface area (Å²) in [5.41, 5.74) is 0. The number of aromatic amines is 1. The number of likely N-dealkylation sites (N-methyl/N-ethyl adjacent to an activating group) is 1. The van der Waals surface area contributed by atoms with Crippen LogP contribution in [-0.2, 0) is 30.3 Å². The third-order valence-corrected chi connectivity index (χ3v) is 7.08. The number of hydrogen-bond acceptors (Lipinski definition) is 9. The van der Waals surface area contributed by atoms with Crippen LogP contribution in [0.5, 0.6) is 0 Å². The molecule has 0 bridgehead atoms. The number of esters is 2. The second kappa shape index (κ2) is 12.2. The Labute approximate surface area is 202 Å². The molecule has 190 valence electrons. The maximum atomic E-state index is 12.9. The number of ether oxygens (including phenoxy) is 2. The molecule has 1 aromatic rings. The zero-order chi connectivity index (χ0) is 25.6. The van der Waals surface area contributed by atoms with Crippen LogP contribution in [0.4, 0.5) is 0 Å². The van der Waals surface area contributed by atoms with Crippen LogP contribution in [0, 0.1) is 17.8 Å². The molecule has 34 heavy (non-hydrogen) atoms. The first-order valence-electron chi connectivity index (χ1n) is 12.7. The fourth-order valence-corrected chi connectivity index (χ4v) is 4.89. The molecule has 1 aliphatic heterocycles. The van der Waals surface area contributed by atoms with Gasteiger partial charge in [0, 0.05) is 13.5 Å². The zero-order valence-electron chi connectivity index (χ0n) is 21.6. The lowest BCUT2D eigenvalue weighted by atomic mass is 9.69. The van der Waals surface area contributed by atoms with E-state index in [1.165, 1.54) is 11.9 Å². The smallest absolute Gasteiger partial charge is 0.328 e. The topological polar surface area (TPSA) is 139 Å². The molecule has 2 fully saturated rings. The number of hydrogen-bond donors (Lipinski definition) is 2. The fourth-order valence-electron chi connectivity index (χ4n) is 4.89. The normalized spacial score (nSPS) is 28.7. The van der Waals surface area contributed by atoms with E-state index in [0.29, 0.717) is 30.6 Å².